The molecule has 0 saturated heterocycles. The molecule has 114 valence electrons. The van der Waals surface area contributed by atoms with Gasteiger partial charge in [0.2, 0.25) is 0 Å². The Bertz CT molecular complexity index is 846. The lowest BCUT2D eigenvalue weighted by Gasteiger charge is -2.09. The largest absolute Gasteiger partial charge is 0.395 e. The minimum absolute atomic E-state index is 0.107. The molecule has 0 fully saturated rings. The van der Waals surface area contributed by atoms with Crippen LogP contribution in [0.2, 0.25) is 0 Å². The van der Waals surface area contributed by atoms with Crippen molar-refractivity contribution in [2.75, 3.05) is 6.61 Å². The number of aliphatic hydroxyl groups excluding tert-OH is 1. The van der Waals surface area contributed by atoms with Gasteiger partial charge in [-0.15, -0.1) is 0 Å². The van der Waals surface area contributed by atoms with Gasteiger partial charge < -0.3 is 9.67 Å². The number of aliphatic hydroxyl groups is 1. The van der Waals surface area contributed by atoms with E-state index in [1.165, 1.54) is 22.3 Å². The number of hydrogen-bond acceptors (Lipinski definition) is 2. The van der Waals surface area contributed by atoms with Crippen LogP contribution in [-0.2, 0) is 6.54 Å². The number of benzene rings is 2. The molecule has 0 amide bonds. The normalized spacial score (nSPS) is 11.3. The summed E-state index contributed by atoms with van der Waals surface area (Å²) in [5.41, 5.74) is 8.21. The Labute approximate surface area is 131 Å². The molecule has 0 saturated carbocycles. The number of fused-ring (bicyclic) bond motifs is 1. The first-order valence-electron chi connectivity index (χ1n) is 7.67. The fourth-order valence-electron chi connectivity index (χ4n) is 2.81. The molecule has 0 spiro atoms. The van der Waals surface area contributed by atoms with Gasteiger partial charge >= 0.3 is 0 Å². The standard InChI is InChI=1S/C19H22N2O/c1-12-5-6-16(9-13(12)2)19-20-17-10-14(3)15(4)11-18(17)21(19)7-8-22/h5-6,9-11,22H,7-8H2,1-4H3. The second kappa shape index (κ2) is 5.58. The molecular weight excluding hydrogens is 272 g/mol. The summed E-state index contributed by atoms with van der Waals surface area (Å²) in [7, 11) is 0. The zero-order valence-electron chi connectivity index (χ0n) is 13.6. The fourth-order valence-corrected chi connectivity index (χ4v) is 2.81. The molecule has 22 heavy (non-hydrogen) atoms. The van der Waals surface area contributed by atoms with E-state index in [1.54, 1.807) is 0 Å². The summed E-state index contributed by atoms with van der Waals surface area (Å²) in [4.78, 5) is 4.83. The van der Waals surface area contributed by atoms with Crippen LogP contribution in [0.1, 0.15) is 22.3 Å². The number of hydrogen-bond donors (Lipinski definition) is 1. The van der Waals surface area contributed by atoms with Crippen LogP contribution < -0.4 is 0 Å². The van der Waals surface area contributed by atoms with E-state index in [0.717, 1.165) is 22.4 Å². The molecule has 3 aromatic rings. The van der Waals surface area contributed by atoms with Crippen LogP contribution in [0.4, 0.5) is 0 Å². The van der Waals surface area contributed by atoms with Crippen molar-refractivity contribution < 1.29 is 5.11 Å². The summed E-state index contributed by atoms with van der Waals surface area (Å²) >= 11 is 0. The van der Waals surface area contributed by atoms with E-state index in [4.69, 9.17) is 4.98 Å². The zero-order valence-corrected chi connectivity index (χ0v) is 13.6. The molecule has 2 aromatic carbocycles. The first kappa shape index (κ1) is 14.8. The van der Waals surface area contributed by atoms with Gasteiger partial charge in [0, 0.05) is 12.1 Å². The van der Waals surface area contributed by atoms with Crippen LogP contribution in [0.25, 0.3) is 22.4 Å². The highest BCUT2D eigenvalue weighted by Crippen LogP contribution is 2.28. The summed E-state index contributed by atoms with van der Waals surface area (Å²) in [6, 6.07) is 10.7. The maximum absolute atomic E-state index is 9.44. The number of rotatable bonds is 3. The molecule has 0 atom stereocenters. The van der Waals surface area contributed by atoms with E-state index in [9.17, 15) is 5.11 Å². The van der Waals surface area contributed by atoms with E-state index >= 15 is 0 Å². The predicted octanol–water partition coefficient (Wildman–Crippen LogP) is 3.93. The average molecular weight is 294 g/mol. The molecule has 1 heterocycles. The van der Waals surface area contributed by atoms with E-state index < -0.39 is 0 Å². The molecule has 3 nitrogen and oxygen atoms in total. The third kappa shape index (κ3) is 2.42. The molecular formula is C19H22N2O. The van der Waals surface area contributed by atoms with Crippen molar-refractivity contribution in [2.45, 2.75) is 34.2 Å². The topological polar surface area (TPSA) is 38.0 Å². The Morgan fingerprint density at radius 1 is 0.909 bits per heavy atom. The zero-order chi connectivity index (χ0) is 15.9. The second-order valence-corrected chi connectivity index (χ2v) is 6.03. The highest BCUT2D eigenvalue weighted by molar-refractivity contribution is 5.82. The minimum Gasteiger partial charge on any atom is -0.395 e. The molecule has 0 radical (unpaired) electrons. The lowest BCUT2D eigenvalue weighted by atomic mass is 10.1. The van der Waals surface area contributed by atoms with Crippen LogP contribution in [0.3, 0.4) is 0 Å². The van der Waals surface area contributed by atoms with Crippen LogP contribution in [0.5, 0.6) is 0 Å². The Morgan fingerprint density at radius 3 is 2.27 bits per heavy atom. The monoisotopic (exact) mass is 294 g/mol. The Morgan fingerprint density at radius 2 is 1.59 bits per heavy atom. The van der Waals surface area contributed by atoms with Crippen molar-refractivity contribution in [1.82, 2.24) is 9.55 Å². The van der Waals surface area contributed by atoms with E-state index in [2.05, 4.69) is 62.6 Å². The maximum Gasteiger partial charge on any atom is 0.141 e. The Balaban J connectivity index is 2.27. The van der Waals surface area contributed by atoms with Crippen molar-refractivity contribution in [3.63, 3.8) is 0 Å². The second-order valence-electron chi connectivity index (χ2n) is 6.03. The van der Waals surface area contributed by atoms with Crippen molar-refractivity contribution >= 4 is 11.0 Å². The quantitative estimate of drug-likeness (QED) is 0.795. The molecule has 3 rings (SSSR count). The third-order valence-corrected chi connectivity index (χ3v) is 4.45. The number of aromatic nitrogens is 2. The van der Waals surface area contributed by atoms with Crippen molar-refractivity contribution in [1.29, 1.82) is 0 Å². The molecule has 0 aliphatic carbocycles. The Kier molecular flexibility index (Phi) is 3.75. The summed E-state index contributed by atoms with van der Waals surface area (Å²) in [6.45, 7) is 9.11. The summed E-state index contributed by atoms with van der Waals surface area (Å²) in [5.74, 6) is 0.928. The van der Waals surface area contributed by atoms with Crippen molar-refractivity contribution in [3.05, 3.63) is 52.6 Å². The first-order chi connectivity index (χ1) is 10.5. The summed E-state index contributed by atoms with van der Waals surface area (Å²) < 4.78 is 2.12. The SMILES string of the molecule is Cc1ccc(-c2nc3cc(C)c(C)cc3n2CCO)cc1C. The van der Waals surface area contributed by atoms with E-state index in [1.807, 2.05) is 0 Å². The smallest absolute Gasteiger partial charge is 0.141 e. The van der Waals surface area contributed by atoms with Gasteiger partial charge in [-0.05, 0) is 68.1 Å². The van der Waals surface area contributed by atoms with Crippen LogP contribution in [0.15, 0.2) is 30.3 Å². The van der Waals surface area contributed by atoms with Crippen molar-refractivity contribution in [3.8, 4) is 11.4 Å². The lowest BCUT2D eigenvalue weighted by molar-refractivity contribution is 0.278. The molecule has 0 aliphatic heterocycles. The van der Waals surface area contributed by atoms with E-state index in [-0.39, 0.29) is 6.61 Å². The highest BCUT2D eigenvalue weighted by Gasteiger charge is 2.14. The number of imidazole rings is 1. The van der Waals surface area contributed by atoms with Gasteiger partial charge in [-0.1, -0.05) is 12.1 Å². The summed E-state index contributed by atoms with van der Waals surface area (Å²) in [6.07, 6.45) is 0. The Hall–Kier alpha value is -2.13. The van der Waals surface area contributed by atoms with Gasteiger partial charge in [-0.3, -0.25) is 0 Å². The first-order valence-corrected chi connectivity index (χ1v) is 7.67. The fraction of sp³-hybridized carbons (Fsp3) is 0.316. The lowest BCUT2D eigenvalue weighted by Crippen LogP contribution is -2.04. The van der Waals surface area contributed by atoms with Crippen molar-refractivity contribution in [2.24, 2.45) is 0 Å². The molecule has 0 unspecified atom stereocenters. The predicted molar refractivity (Wildman–Crippen MR) is 91.2 cm³/mol. The maximum atomic E-state index is 9.44. The van der Waals surface area contributed by atoms with Gasteiger partial charge in [0.05, 0.1) is 17.6 Å². The molecule has 1 N–H and O–H groups in total. The molecule has 3 heteroatoms. The van der Waals surface area contributed by atoms with Gasteiger partial charge in [0.25, 0.3) is 0 Å². The molecule has 0 bridgehead atoms. The van der Waals surface area contributed by atoms with Gasteiger partial charge in [0.15, 0.2) is 0 Å². The highest BCUT2D eigenvalue weighted by atomic mass is 16.3. The number of nitrogens with zero attached hydrogens (tertiary/aromatic N) is 2. The van der Waals surface area contributed by atoms with Gasteiger partial charge in [-0.2, -0.15) is 0 Å². The minimum atomic E-state index is 0.107. The number of aryl methyl sites for hydroxylation is 4. The average Bonchev–Trinajstić information content (AvgIpc) is 2.81. The molecule has 1 aromatic heterocycles. The van der Waals surface area contributed by atoms with Gasteiger partial charge in [-0.25, -0.2) is 4.98 Å². The summed E-state index contributed by atoms with van der Waals surface area (Å²) in [5, 5.41) is 9.44. The van der Waals surface area contributed by atoms with E-state index in [0.29, 0.717) is 6.54 Å². The molecule has 0 aliphatic rings. The van der Waals surface area contributed by atoms with Gasteiger partial charge in [0.1, 0.15) is 5.82 Å². The van der Waals surface area contributed by atoms with Crippen LogP contribution >= 0.6 is 0 Å². The van der Waals surface area contributed by atoms with Crippen LogP contribution in [-0.4, -0.2) is 21.3 Å². The van der Waals surface area contributed by atoms with Crippen LogP contribution in [0, 0.1) is 27.7 Å². The third-order valence-electron chi connectivity index (χ3n) is 4.45.